The van der Waals surface area contributed by atoms with Crippen LogP contribution in [0.4, 0.5) is 0 Å². The molecule has 2 heterocycles. The Labute approximate surface area is 118 Å². The maximum atomic E-state index is 12.2. The van der Waals surface area contributed by atoms with Gasteiger partial charge in [0.15, 0.2) is 0 Å². The summed E-state index contributed by atoms with van der Waals surface area (Å²) < 4.78 is 0. The Bertz CT molecular complexity index is 482. The second kappa shape index (κ2) is 5.98. The fourth-order valence-electron chi connectivity index (χ4n) is 2.67. The maximum absolute atomic E-state index is 12.2. The number of carbonyl (C=O) groups excluding carboxylic acids is 2. The fourth-order valence-corrected chi connectivity index (χ4v) is 2.67. The highest BCUT2D eigenvalue weighted by atomic mass is 16.2. The lowest BCUT2D eigenvalue weighted by molar-refractivity contribution is -0.130. The highest BCUT2D eigenvalue weighted by Gasteiger charge is 2.38. The molecule has 6 heteroatoms. The number of rotatable bonds is 3. The van der Waals surface area contributed by atoms with Crippen molar-refractivity contribution in [2.75, 3.05) is 20.6 Å². The van der Waals surface area contributed by atoms with Gasteiger partial charge in [-0.1, -0.05) is 6.58 Å². The van der Waals surface area contributed by atoms with Crippen LogP contribution in [0.3, 0.4) is 0 Å². The van der Waals surface area contributed by atoms with Crippen LogP contribution in [0.25, 0.3) is 0 Å². The number of amides is 2. The van der Waals surface area contributed by atoms with Crippen molar-refractivity contribution >= 4 is 23.7 Å². The van der Waals surface area contributed by atoms with Crippen LogP contribution in [-0.2, 0) is 9.59 Å². The second-order valence-corrected chi connectivity index (χ2v) is 5.25. The quantitative estimate of drug-likeness (QED) is 0.712. The summed E-state index contributed by atoms with van der Waals surface area (Å²) in [7, 11) is 3.42. The van der Waals surface area contributed by atoms with Gasteiger partial charge in [0.05, 0.1) is 11.8 Å². The van der Waals surface area contributed by atoms with Crippen LogP contribution < -0.4 is 0 Å². The largest absolute Gasteiger partial charge is 0.348 e. The van der Waals surface area contributed by atoms with Crippen molar-refractivity contribution in [3.05, 3.63) is 12.7 Å². The van der Waals surface area contributed by atoms with Crippen LogP contribution in [0, 0.1) is 5.92 Å². The normalized spacial score (nSPS) is 25.3. The number of hydrogen-bond acceptors (Lipinski definition) is 4. The molecule has 20 heavy (non-hydrogen) atoms. The summed E-state index contributed by atoms with van der Waals surface area (Å²) in [6.45, 7) is 4.22. The molecule has 0 aliphatic carbocycles. The number of carbonyl (C=O) groups is 2. The molecule has 0 spiro atoms. The first-order chi connectivity index (χ1) is 9.56. The Hall–Kier alpha value is -1.98. The van der Waals surface area contributed by atoms with E-state index >= 15 is 0 Å². The third-order valence-corrected chi connectivity index (χ3v) is 3.72. The highest BCUT2D eigenvalue weighted by molar-refractivity contribution is 6.19. The zero-order valence-corrected chi connectivity index (χ0v) is 12.0. The molecule has 2 rings (SSSR count). The van der Waals surface area contributed by atoms with Crippen molar-refractivity contribution in [3.63, 3.8) is 0 Å². The van der Waals surface area contributed by atoms with Gasteiger partial charge >= 0.3 is 0 Å². The minimum absolute atomic E-state index is 0.0541. The third kappa shape index (κ3) is 2.64. The number of likely N-dealkylation sites (tertiary alicyclic amines) is 1. The van der Waals surface area contributed by atoms with Crippen molar-refractivity contribution in [3.8, 4) is 0 Å². The van der Waals surface area contributed by atoms with Crippen LogP contribution in [0.5, 0.6) is 0 Å². The molecule has 0 bridgehead atoms. The van der Waals surface area contributed by atoms with E-state index in [2.05, 4.69) is 16.8 Å². The van der Waals surface area contributed by atoms with Crippen LogP contribution >= 0.6 is 0 Å². The lowest BCUT2D eigenvalue weighted by atomic mass is 9.90. The average molecular weight is 276 g/mol. The molecule has 6 nitrogen and oxygen atoms in total. The first-order valence-corrected chi connectivity index (χ1v) is 6.81. The van der Waals surface area contributed by atoms with Crippen LogP contribution in [0.15, 0.2) is 22.9 Å². The molecule has 0 radical (unpaired) electrons. The molecule has 0 saturated carbocycles. The minimum atomic E-state index is -0.451. The van der Waals surface area contributed by atoms with E-state index in [-0.39, 0.29) is 17.9 Å². The molecule has 0 aromatic carbocycles. The molecule has 108 valence electrons. The van der Waals surface area contributed by atoms with Crippen LogP contribution in [0.2, 0.25) is 0 Å². The molecule has 0 aromatic heterocycles. The average Bonchev–Trinajstić information content (AvgIpc) is 2.94. The van der Waals surface area contributed by atoms with Crippen molar-refractivity contribution in [2.24, 2.45) is 16.1 Å². The van der Waals surface area contributed by atoms with Gasteiger partial charge < -0.3 is 9.80 Å². The van der Waals surface area contributed by atoms with E-state index in [0.717, 1.165) is 19.3 Å². The van der Waals surface area contributed by atoms with E-state index in [9.17, 15) is 9.59 Å². The smallest absolute Gasteiger partial charge is 0.246 e. The van der Waals surface area contributed by atoms with Gasteiger partial charge in [0, 0.05) is 26.9 Å². The molecule has 1 saturated heterocycles. The molecule has 0 aromatic rings. The van der Waals surface area contributed by atoms with E-state index < -0.39 is 5.92 Å². The number of piperidine rings is 1. The van der Waals surface area contributed by atoms with Gasteiger partial charge in [-0.3, -0.25) is 9.59 Å². The molecule has 2 amide bonds. The Morgan fingerprint density at radius 3 is 2.85 bits per heavy atom. The van der Waals surface area contributed by atoms with E-state index in [1.165, 1.54) is 11.0 Å². The monoisotopic (exact) mass is 276 g/mol. The summed E-state index contributed by atoms with van der Waals surface area (Å²) in [6, 6.07) is -0.148. The van der Waals surface area contributed by atoms with Crippen molar-refractivity contribution in [1.82, 2.24) is 9.80 Å². The van der Waals surface area contributed by atoms with Crippen molar-refractivity contribution in [2.45, 2.75) is 25.3 Å². The molecular weight excluding hydrogens is 256 g/mol. The summed E-state index contributed by atoms with van der Waals surface area (Å²) in [5, 5.41) is 8.02. The molecule has 2 atom stereocenters. The summed E-state index contributed by atoms with van der Waals surface area (Å²) in [5.41, 5.74) is 0.679. The Morgan fingerprint density at radius 2 is 2.20 bits per heavy atom. The van der Waals surface area contributed by atoms with Crippen LogP contribution in [-0.4, -0.2) is 60.2 Å². The van der Waals surface area contributed by atoms with Gasteiger partial charge in [-0.05, 0) is 25.3 Å². The van der Waals surface area contributed by atoms with Crippen molar-refractivity contribution in [1.29, 1.82) is 0 Å². The first kappa shape index (κ1) is 14.4. The number of hydrogen-bond donors (Lipinski definition) is 0. The summed E-state index contributed by atoms with van der Waals surface area (Å²) in [4.78, 5) is 27.4. The van der Waals surface area contributed by atoms with E-state index in [0.29, 0.717) is 12.3 Å². The molecule has 2 aliphatic heterocycles. The van der Waals surface area contributed by atoms with Gasteiger partial charge in [-0.2, -0.15) is 10.2 Å². The summed E-state index contributed by atoms with van der Waals surface area (Å²) >= 11 is 0. The van der Waals surface area contributed by atoms with Gasteiger partial charge in [-0.25, -0.2) is 0 Å². The predicted octanol–water partition coefficient (Wildman–Crippen LogP) is 0.698. The summed E-state index contributed by atoms with van der Waals surface area (Å²) in [5.74, 6) is -0.616. The lowest BCUT2D eigenvalue weighted by Crippen LogP contribution is -2.51. The topological polar surface area (TPSA) is 65.3 Å². The SMILES string of the molecule is C=CC(=O)N1CCCCC1C1=NN=CC1C(=O)N(C)C. The maximum Gasteiger partial charge on any atom is 0.246 e. The van der Waals surface area contributed by atoms with Crippen LogP contribution in [0.1, 0.15) is 19.3 Å². The molecular formula is C14H20N4O2. The third-order valence-electron chi connectivity index (χ3n) is 3.72. The zero-order valence-electron chi connectivity index (χ0n) is 12.0. The predicted molar refractivity (Wildman–Crippen MR) is 77.7 cm³/mol. The Balaban J connectivity index is 2.22. The number of nitrogens with zero attached hydrogens (tertiary/aromatic N) is 4. The van der Waals surface area contributed by atoms with Gasteiger partial charge in [-0.15, -0.1) is 0 Å². The van der Waals surface area contributed by atoms with Crippen molar-refractivity contribution < 1.29 is 9.59 Å². The van der Waals surface area contributed by atoms with Gasteiger partial charge in [0.2, 0.25) is 11.8 Å². The standard InChI is InChI=1S/C14H20N4O2/c1-4-12(19)18-8-6-5-7-11(18)13-10(9-15-16-13)14(20)17(2)3/h4,9-11H,1,5-8H2,2-3H3. The summed E-state index contributed by atoms with van der Waals surface area (Å²) in [6.07, 6.45) is 5.68. The fraction of sp³-hybridized carbons (Fsp3) is 0.571. The Kier molecular flexibility index (Phi) is 4.32. The molecule has 1 fully saturated rings. The molecule has 2 aliphatic rings. The first-order valence-electron chi connectivity index (χ1n) is 6.81. The van der Waals surface area contributed by atoms with E-state index in [1.54, 1.807) is 25.2 Å². The minimum Gasteiger partial charge on any atom is -0.348 e. The van der Waals surface area contributed by atoms with E-state index in [1.807, 2.05) is 0 Å². The molecule has 2 unspecified atom stereocenters. The van der Waals surface area contributed by atoms with Gasteiger partial charge in [0.1, 0.15) is 5.92 Å². The second-order valence-electron chi connectivity index (χ2n) is 5.25. The van der Waals surface area contributed by atoms with Gasteiger partial charge in [0.25, 0.3) is 0 Å². The lowest BCUT2D eigenvalue weighted by Gasteiger charge is -2.36. The highest BCUT2D eigenvalue weighted by Crippen LogP contribution is 2.24. The zero-order chi connectivity index (χ0) is 14.7. The van der Waals surface area contributed by atoms with E-state index in [4.69, 9.17) is 0 Å². The molecule has 0 N–H and O–H groups in total. The Morgan fingerprint density at radius 1 is 1.45 bits per heavy atom.